The minimum Gasteiger partial charge on any atom is -0.393 e. The number of pyridine rings is 1. The first kappa shape index (κ1) is 14.7. The summed E-state index contributed by atoms with van der Waals surface area (Å²) in [5, 5.41) is 12.4. The van der Waals surface area contributed by atoms with Crippen LogP contribution in [0.1, 0.15) is 29.6 Å². The lowest BCUT2D eigenvalue weighted by Crippen LogP contribution is -2.33. The van der Waals surface area contributed by atoms with Crippen LogP contribution in [0.25, 0.3) is 11.1 Å². The van der Waals surface area contributed by atoms with Crippen molar-refractivity contribution in [3.05, 3.63) is 54.1 Å². The lowest BCUT2D eigenvalue weighted by Gasteiger charge is -2.12. The van der Waals surface area contributed by atoms with Crippen LogP contribution in [0.4, 0.5) is 4.39 Å². The maximum atomic E-state index is 13.3. The van der Waals surface area contributed by atoms with Crippen molar-refractivity contribution in [1.82, 2.24) is 10.3 Å². The Hall–Kier alpha value is -2.27. The van der Waals surface area contributed by atoms with E-state index in [0.717, 1.165) is 6.42 Å². The molecule has 1 aliphatic carbocycles. The first-order valence-electron chi connectivity index (χ1n) is 7.32. The number of benzene rings is 1. The van der Waals surface area contributed by atoms with E-state index in [1.165, 1.54) is 18.3 Å². The van der Waals surface area contributed by atoms with Crippen LogP contribution in [0.2, 0.25) is 0 Å². The molecular weight excluding hydrogens is 283 g/mol. The maximum Gasteiger partial charge on any atom is 0.253 e. The monoisotopic (exact) mass is 300 g/mol. The third kappa shape index (κ3) is 3.31. The first-order chi connectivity index (χ1) is 10.6. The SMILES string of the molecule is O=C(N[C@H]1CC[C@@H](O)C1)c1cncc(-c2cccc(F)c2)c1. The van der Waals surface area contributed by atoms with Crippen molar-refractivity contribution in [1.29, 1.82) is 0 Å². The molecule has 1 saturated carbocycles. The van der Waals surface area contributed by atoms with E-state index < -0.39 is 0 Å². The lowest BCUT2D eigenvalue weighted by atomic mass is 10.1. The number of carbonyl (C=O) groups excluding carboxylic acids is 1. The number of aromatic nitrogens is 1. The van der Waals surface area contributed by atoms with E-state index in [1.54, 1.807) is 24.4 Å². The standard InChI is InChI=1S/C17H17FN2O2/c18-14-3-1-2-11(7-14)12-6-13(10-19-9-12)17(22)20-15-4-5-16(21)8-15/h1-3,6-7,9-10,15-16,21H,4-5,8H2,(H,20,22)/t15-,16+/m0/s1. The molecule has 0 unspecified atom stereocenters. The number of carbonyl (C=O) groups is 1. The second-order valence-electron chi connectivity index (χ2n) is 5.61. The van der Waals surface area contributed by atoms with Gasteiger partial charge in [-0.2, -0.15) is 0 Å². The maximum absolute atomic E-state index is 13.3. The zero-order chi connectivity index (χ0) is 15.5. The van der Waals surface area contributed by atoms with Gasteiger partial charge in [-0.3, -0.25) is 9.78 Å². The van der Waals surface area contributed by atoms with Crippen molar-refractivity contribution in [2.75, 3.05) is 0 Å². The second kappa shape index (κ2) is 6.23. The molecule has 0 saturated heterocycles. The van der Waals surface area contributed by atoms with Gasteiger partial charge in [0.2, 0.25) is 0 Å². The number of nitrogens with zero attached hydrogens (tertiary/aromatic N) is 1. The normalized spacial score (nSPS) is 20.8. The highest BCUT2D eigenvalue weighted by Gasteiger charge is 2.24. The Bertz CT molecular complexity index is 690. The van der Waals surface area contributed by atoms with Crippen LogP contribution in [0.5, 0.6) is 0 Å². The molecule has 2 N–H and O–H groups in total. The van der Waals surface area contributed by atoms with Crippen molar-refractivity contribution >= 4 is 5.91 Å². The Morgan fingerprint density at radius 1 is 1.23 bits per heavy atom. The largest absolute Gasteiger partial charge is 0.393 e. The van der Waals surface area contributed by atoms with E-state index in [1.807, 2.05) is 0 Å². The molecule has 1 amide bonds. The van der Waals surface area contributed by atoms with Crippen LogP contribution < -0.4 is 5.32 Å². The van der Waals surface area contributed by atoms with Gasteiger partial charge < -0.3 is 10.4 Å². The predicted octanol–water partition coefficient (Wildman–Crippen LogP) is 2.53. The highest BCUT2D eigenvalue weighted by molar-refractivity contribution is 5.95. The third-order valence-corrected chi connectivity index (χ3v) is 3.90. The Labute approximate surface area is 128 Å². The van der Waals surface area contributed by atoms with Gasteiger partial charge in [-0.1, -0.05) is 12.1 Å². The molecule has 22 heavy (non-hydrogen) atoms. The molecule has 1 aromatic carbocycles. The summed E-state index contributed by atoms with van der Waals surface area (Å²) < 4.78 is 13.3. The average molecular weight is 300 g/mol. The van der Waals surface area contributed by atoms with Gasteiger partial charge in [-0.15, -0.1) is 0 Å². The van der Waals surface area contributed by atoms with E-state index in [9.17, 15) is 14.3 Å². The number of aliphatic hydroxyl groups excluding tert-OH is 1. The number of rotatable bonds is 3. The molecule has 0 radical (unpaired) electrons. The lowest BCUT2D eigenvalue weighted by molar-refractivity contribution is 0.0933. The highest BCUT2D eigenvalue weighted by atomic mass is 19.1. The minimum absolute atomic E-state index is 0.000302. The number of nitrogens with one attached hydrogen (secondary N) is 1. The topological polar surface area (TPSA) is 62.2 Å². The molecule has 4 nitrogen and oxygen atoms in total. The van der Waals surface area contributed by atoms with Crippen LogP contribution in [-0.4, -0.2) is 28.1 Å². The zero-order valence-corrected chi connectivity index (χ0v) is 12.0. The molecule has 0 bridgehead atoms. The number of aliphatic hydroxyl groups is 1. The number of amides is 1. The van der Waals surface area contributed by atoms with Crippen LogP contribution in [0.3, 0.4) is 0 Å². The zero-order valence-electron chi connectivity index (χ0n) is 12.0. The molecular formula is C17H17FN2O2. The fourth-order valence-electron chi connectivity index (χ4n) is 2.75. The number of hydrogen-bond acceptors (Lipinski definition) is 3. The fourth-order valence-corrected chi connectivity index (χ4v) is 2.75. The van der Waals surface area contributed by atoms with Crippen LogP contribution >= 0.6 is 0 Å². The highest BCUT2D eigenvalue weighted by Crippen LogP contribution is 2.22. The summed E-state index contributed by atoms with van der Waals surface area (Å²) in [4.78, 5) is 16.3. The molecule has 1 heterocycles. The van der Waals surface area contributed by atoms with E-state index in [4.69, 9.17) is 0 Å². The van der Waals surface area contributed by atoms with E-state index in [0.29, 0.717) is 29.5 Å². The summed E-state index contributed by atoms with van der Waals surface area (Å²) in [6.07, 6.45) is 4.84. The van der Waals surface area contributed by atoms with Crippen LogP contribution in [0, 0.1) is 5.82 Å². The van der Waals surface area contributed by atoms with Gasteiger partial charge in [-0.25, -0.2) is 4.39 Å². The smallest absolute Gasteiger partial charge is 0.253 e. The van der Waals surface area contributed by atoms with Gasteiger partial charge in [0.05, 0.1) is 11.7 Å². The van der Waals surface area contributed by atoms with E-state index in [2.05, 4.69) is 10.3 Å². The second-order valence-corrected chi connectivity index (χ2v) is 5.61. The van der Waals surface area contributed by atoms with Crippen molar-refractivity contribution < 1.29 is 14.3 Å². The van der Waals surface area contributed by atoms with Gasteiger partial charge in [0.1, 0.15) is 5.82 Å². The molecule has 5 heteroatoms. The third-order valence-electron chi connectivity index (χ3n) is 3.90. The van der Waals surface area contributed by atoms with Gasteiger partial charge >= 0.3 is 0 Å². The summed E-state index contributed by atoms with van der Waals surface area (Å²) in [5.74, 6) is -0.544. The van der Waals surface area contributed by atoms with Crippen molar-refractivity contribution in [2.45, 2.75) is 31.4 Å². The molecule has 1 aromatic heterocycles. The summed E-state index contributed by atoms with van der Waals surface area (Å²) in [6, 6.07) is 7.88. The summed E-state index contributed by atoms with van der Waals surface area (Å²) in [6.45, 7) is 0. The summed E-state index contributed by atoms with van der Waals surface area (Å²) in [7, 11) is 0. The van der Waals surface area contributed by atoms with Gasteiger partial charge in [0.25, 0.3) is 5.91 Å². The molecule has 0 spiro atoms. The van der Waals surface area contributed by atoms with Crippen molar-refractivity contribution in [3.63, 3.8) is 0 Å². The molecule has 1 aliphatic rings. The Morgan fingerprint density at radius 3 is 2.82 bits per heavy atom. The van der Waals surface area contributed by atoms with Gasteiger partial charge in [-0.05, 0) is 43.0 Å². The number of hydrogen-bond donors (Lipinski definition) is 2. The fraction of sp³-hybridized carbons (Fsp3) is 0.294. The molecule has 3 rings (SSSR count). The summed E-state index contributed by atoms with van der Waals surface area (Å²) >= 11 is 0. The molecule has 2 aromatic rings. The van der Waals surface area contributed by atoms with E-state index >= 15 is 0 Å². The van der Waals surface area contributed by atoms with Crippen molar-refractivity contribution in [3.8, 4) is 11.1 Å². The van der Waals surface area contributed by atoms with Crippen LogP contribution in [-0.2, 0) is 0 Å². The quantitative estimate of drug-likeness (QED) is 0.915. The molecule has 114 valence electrons. The van der Waals surface area contributed by atoms with Gasteiger partial charge in [0, 0.05) is 24.0 Å². The number of halogens is 1. The first-order valence-corrected chi connectivity index (χ1v) is 7.32. The Morgan fingerprint density at radius 2 is 2.09 bits per heavy atom. The Kier molecular flexibility index (Phi) is 4.15. The van der Waals surface area contributed by atoms with Gasteiger partial charge in [0.15, 0.2) is 0 Å². The Balaban J connectivity index is 1.77. The molecule has 2 atom stereocenters. The van der Waals surface area contributed by atoms with Crippen molar-refractivity contribution in [2.24, 2.45) is 0 Å². The molecule has 1 fully saturated rings. The minimum atomic E-state index is -0.331. The van der Waals surface area contributed by atoms with Crippen LogP contribution in [0.15, 0.2) is 42.7 Å². The summed E-state index contributed by atoms with van der Waals surface area (Å²) in [5.41, 5.74) is 1.81. The average Bonchev–Trinajstić information content (AvgIpc) is 2.92. The predicted molar refractivity (Wildman–Crippen MR) is 80.7 cm³/mol. The molecule has 0 aliphatic heterocycles. The van der Waals surface area contributed by atoms with E-state index in [-0.39, 0.29) is 23.9 Å².